The van der Waals surface area contributed by atoms with Crippen LogP contribution in [0.2, 0.25) is 0 Å². The van der Waals surface area contributed by atoms with E-state index in [1.165, 1.54) is 7.11 Å². The molecular formula is C12H9N3O3. The molecule has 6 nitrogen and oxygen atoms in total. The van der Waals surface area contributed by atoms with Crippen LogP contribution < -0.4 is 15.9 Å². The van der Waals surface area contributed by atoms with Crippen molar-refractivity contribution in [3.8, 4) is 6.07 Å². The summed E-state index contributed by atoms with van der Waals surface area (Å²) in [4.78, 5) is 26.4. The van der Waals surface area contributed by atoms with Gasteiger partial charge >= 0.3 is 6.09 Å². The molecule has 1 aliphatic rings. The Hall–Kier alpha value is -2.68. The van der Waals surface area contributed by atoms with Gasteiger partial charge in [-0.1, -0.05) is 0 Å². The lowest BCUT2D eigenvalue weighted by molar-refractivity contribution is -0.112. The predicted molar refractivity (Wildman–Crippen MR) is 61.9 cm³/mol. The van der Waals surface area contributed by atoms with Crippen LogP contribution in [0.15, 0.2) is 23.2 Å². The summed E-state index contributed by atoms with van der Waals surface area (Å²) in [6, 6.07) is 6.75. The molecule has 0 unspecified atom stereocenters. The zero-order valence-corrected chi connectivity index (χ0v) is 9.56. The molecule has 0 atom stereocenters. The van der Waals surface area contributed by atoms with E-state index in [1.807, 2.05) is 6.07 Å². The van der Waals surface area contributed by atoms with Gasteiger partial charge in [-0.05, 0) is 18.2 Å². The molecule has 1 aromatic carbocycles. The summed E-state index contributed by atoms with van der Waals surface area (Å²) in [6.07, 6.45) is -0.602. The summed E-state index contributed by atoms with van der Waals surface area (Å²) in [5.74, 6) is -0.401. The van der Waals surface area contributed by atoms with Gasteiger partial charge in [0, 0.05) is 16.5 Å². The van der Waals surface area contributed by atoms with Gasteiger partial charge in [0.15, 0.2) is 0 Å². The van der Waals surface area contributed by atoms with Crippen molar-refractivity contribution >= 4 is 23.3 Å². The van der Waals surface area contributed by atoms with E-state index in [9.17, 15) is 9.59 Å². The summed E-state index contributed by atoms with van der Waals surface area (Å²) in [6.45, 7) is 0. The van der Waals surface area contributed by atoms with Crippen LogP contribution in [-0.2, 0) is 9.53 Å². The normalized spacial score (nSPS) is 12.4. The average molecular weight is 243 g/mol. The number of anilines is 1. The highest BCUT2D eigenvalue weighted by atomic mass is 16.5. The van der Waals surface area contributed by atoms with Gasteiger partial charge in [-0.15, -0.1) is 0 Å². The highest BCUT2D eigenvalue weighted by molar-refractivity contribution is 6.15. The summed E-state index contributed by atoms with van der Waals surface area (Å²) in [5, 5.41) is 12.3. The third-order valence-electron chi connectivity index (χ3n) is 2.49. The number of amides is 2. The molecular weight excluding hydrogens is 234 g/mol. The Bertz CT molecular complexity index is 685. The molecule has 0 spiro atoms. The Morgan fingerprint density at radius 1 is 1.56 bits per heavy atom. The number of hydrogen-bond donors (Lipinski definition) is 1. The van der Waals surface area contributed by atoms with Crippen molar-refractivity contribution in [3.05, 3.63) is 28.8 Å². The van der Waals surface area contributed by atoms with Crippen LogP contribution in [0.1, 0.15) is 6.42 Å². The third-order valence-corrected chi connectivity index (χ3v) is 2.49. The Balaban J connectivity index is 2.50. The van der Waals surface area contributed by atoms with Gasteiger partial charge in [-0.3, -0.25) is 10.1 Å². The summed E-state index contributed by atoms with van der Waals surface area (Å²) < 4.78 is 4.47. The second-order valence-corrected chi connectivity index (χ2v) is 3.58. The molecule has 1 aliphatic heterocycles. The smallest absolute Gasteiger partial charge is 0.411 e. The van der Waals surface area contributed by atoms with Crippen molar-refractivity contribution in [3.63, 3.8) is 0 Å². The topological polar surface area (TPSA) is 91.5 Å². The van der Waals surface area contributed by atoms with Crippen molar-refractivity contribution in [2.75, 3.05) is 12.4 Å². The van der Waals surface area contributed by atoms with Crippen molar-refractivity contribution in [1.82, 2.24) is 0 Å². The van der Waals surface area contributed by atoms with Gasteiger partial charge in [0.05, 0.1) is 25.0 Å². The quantitative estimate of drug-likeness (QED) is 0.796. The lowest BCUT2D eigenvalue weighted by atomic mass is 10.1. The van der Waals surface area contributed by atoms with Crippen LogP contribution in [-0.4, -0.2) is 19.1 Å². The van der Waals surface area contributed by atoms with Gasteiger partial charge in [-0.25, -0.2) is 9.79 Å². The number of carbonyl (C=O) groups excluding carboxylic acids is 2. The van der Waals surface area contributed by atoms with Crippen LogP contribution in [0.5, 0.6) is 0 Å². The Morgan fingerprint density at radius 3 is 3.00 bits per heavy atom. The van der Waals surface area contributed by atoms with Gasteiger partial charge in [0.25, 0.3) is 5.91 Å². The largest absolute Gasteiger partial charge is 0.453 e. The molecule has 0 radical (unpaired) electrons. The van der Waals surface area contributed by atoms with E-state index < -0.39 is 12.0 Å². The highest BCUT2D eigenvalue weighted by Gasteiger charge is 2.16. The maximum atomic E-state index is 11.5. The van der Waals surface area contributed by atoms with E-state index in [0.29, 0.717) is 21.8 Å². The fraction of sp³-hybridized carbons (Fsp3) is 0.167. The molecule has 6 heteroatoms. The molecule has 18 heavy (non-hydrogen) atoms. The Kier molecular flexibility index (Phi) is 3.06. The molecule has 0 bridgehead atoms. The summed E-state index contributed by atoms with van der Waals surface area (Å²) >= 11 is 0. The van der Waals surface area contributed by atoms with Gasteiger partial charge in [0.1, 0.15) is 0 Å². The summed E-state index contributed by atoms with van der Waals surface area (Å²) in [5.41, 5.74) is 0.835. The molecule has 0 fully saturated rings. The van der Waals surface area contributed by atoms with E-state index in [-0.39, 0.29) is 6.42 Å². The molecule has 90 valence electrons. The SMILES string of the molecule is COC(=O)Nc1ccc2c(c1)=C(CC#N)C(=O)N=2. The second kappa shape index (κ2) is 4.67. The maximum absolute atomic E-state index is 11.5. The Labute approximate surface area is 102 Å². The Morgan fingerprint density at radius 2 is 2.33 bits per heavy atom. The number of fused-ring (bicyclic) bond motifs is 1. The molecule has 0 aliphatic carbocycles. The number of nitrogens with one attached hydrogen (secondary N) is 1. The molecule has 0 saturated heterocycles. The monoisotopic (exact) mass is 243 g/mol. The number of rotatable bonds is 2. The number of hydrogen-bond acceptors (Lipinski definition) is 4. The fourth-order valence-corrected chi connectivity index (χ4v) is 1.66. The van der Waals surface area contributed by atoms with Crippen LogP contribution in [0.3, 0.4) is 0 Å². The molecule has 1 N–H and O–H groups in total. The van der Waals surface area contributed by atoms with Crippen molar-refractivity contribution in [1.29, 1.82) is 5.26 Å². The first-order chi connectivity index (χ1) is 8.65. The van der Waals surface area contributed by atoms with E-state index >= 15 is 0 Å². The van der Waals surface area contributed by atoms with Gasteiger partial charge in [0.2, 0.25) is 0 Å². The molecule has 1 heterocycles. The van der Waals surface area contributed by atoms with Crippen LogP contribution in [0.25, 0.3) is 5.57 Å². The highest BCUT2D eigenvalue weighted by Crippen LogP contribution is 2.08. The lowest BCUT2D eigenvalue weighted by Gasteiger charge is -2.02. The molecule has 0 aromatic heterocycles. The van der Waals surface area contributed by atoms with Crippen molar-refractivity contribution in [2.24, 2.45) is 4.99 Å². The van der Waals surface area contributed by atoms with Crippen LogP contribution in [0.4, 0.5) is 10.5 Å². The van der Waals surface area contributed by atoms with Crippen LogP contribution >= 0.6 is 0 Å². The first-order valence-corrected chi connectivity index (χ1v) is 5.14. The van der Waals surface area contributed by atoms with Gasteiger partial charge < -0.3 is 4.74 Å². The number of carbonyl (C=O) groups is 2. The van der Waals surface area contributed by atoms with Crippen LogP contribution in [0, 0.1) is 11.3 Å². The molecule has 2 amide bonds. The van der Waals surface area contributed by atoms with Crippen molar-refractivity contribution < 1.29 is 14.3 Å². The van der Waals surface area contributed by atoms with E-state index in [0.717, 1.165) is 0 Å². The predicted octanol–water partition coefficient (Wildman–Crippen LogP) is 0.0891. The standard InChI is InChI=1S/C12H9N3O3/c1-18-12(17)14-7-2-3-10-9(6-7)8(4-5-13)11(16)15-10/h2-3,6H,4H2,1H3,(H,14,17). The second-order valence-electron chi connectivity index (χ2n) is 3.58. The third kappa shape index (κ3) is 2.06. The first kappa shape index (κ1) is 11.8. The number of methoxy groups -OCH3 is 1. The minimum atomic E-state index is -0.599. The first-order valence-electron chi connectivity index (χ1n) is 5.14. The number of ether oxygens (including phenoxy) is 1. The number of nitrogens with zero attached hydrogens (tertiary/aromatic N) is 2. The fourth-order valence-electron chi connectivity index (χ4n) is 1.66. The molecule has 2 rings (SSSR count). The lowest BCUT2D eigenvalue weighted by Crippen LogP contribution is -2.24. The molecule has 0 saturated carbocycles. The maximum Gasteiger partial charge on any atom is 0.411 e. The summed E-state index contributed by atoms with van der Waals surface area (Å²) in [7, 11) is 1.26. The van der Waals surface area contributed by atoms with Crippen molar-refractivity contribution in [2.45, 2.75) is 6.42 Å². The zero-order chi connectivity index (χ0) is 13.1. The van der Waals surface area contributed by atoms with E-state index in [1.54, 1.807) is 18.2 Å². The zero-order valence-electron chi connectivity index (χ0n) is 9.56. The minimum Gasteiger partial charge on any atom is -0.453 e. The van der Waals surface area contributed by atoms with E-state index in [4.69, 9.17) is 5.26 Å². The number of benzene rings is 1. The molecule has 1 aromatic rings. The van der Waals surface area contributed by atoms with Gasteiger partial charge in [-0.2, -0.15) is 5.26 Å². The minimum absolute atomic E-state index is 0.00297. The average Bonchev–Trinajstić information content (AvgIpc) is 2.66. The number of nitriles is 1. The van der Waals surface area contributed by atoms with E-state index in [2.05, 4.69) is 15.0 Å².